The fourth-order valence-corrected chi connectivity index (χ4v) is 1.26. The van der Waals surface area contributed by atoms with Gasteiger partial charge in [0.25, 0.3) is 0 Å². The van der Waals surface area contributed by atoms with E-state index < -0.39 is 6.29 Å². The van der Waals surface area contributed by atoms with Gasteiger partial charge in [0.05, 0.1) is 0 Å². The van der Waals surface area contributed by atoms with E-state index in [-0.39, 0.29) is 11.3 Å². The number of aliphatic hydroxyl groups excluding tert-OH is 1. The van der Waals surface area contributed by atoms with E-state index in [1.807, 2.05) is 6.92 Å². The number of unbranched alkanes of at least 4 members (excludes halogenated alkanes) is 1. The quantitative estimate of drug-likeness (QED) is 0.627. The molecule has 0 aliphatic carbocycles. The smallest absolute Gasteiger partial charge is 0.154 e. The molecule has 0 rings (SSSR count). The van der Waals surface area contributed by atoms with Crippen LogP contribution in [0.5, 0.6) is 0 Å². The van der Waals surface area contributed by atoms with Crippen LogP contribution in [0.25, 0.3) is 0 Å². The molecule has 0 radical (unpaired) electrons. The summed E-state index contributed by atoms with van der Waals surface area (Å²) < 4.78 is 0. The molecule has 0 saturated heterocycles. The highest BCUT2D eigenvalue weighted by Gasteiger charge is 2.29. The first-order valence-electron chi connectivity index (χ1n) is 4.78. The molecule has 1 unspecified atom stereocenters. The topological polar surface area (TPSA) is 40.5 Å². The molecule has 0 saturated carbocycles. The van der Waals surface area contributed by atoms with Gasteiger partial charge in [-0.1, -0.05) is 40.5 Å². The molecule has 0 aliphatic heterocycles. The van der Waals surface area contributed by atoms with Crippen LogP contribution < -0.4 is 0 Å². The summed E-state index contributed by atoms with van der Waals surface area (Å²) in [4.78, 5) is 0. The molecule has 12 heavy (non-hydrogen) atoms. The average molecular weight is 174 g/mol. The maximum atomic E-state index is 9.01. The van der Waals surface area contributed by atoms with Gasteiger partial charge in [-0.3, -0.25) is 0 Å². The second kappa shape index (κ2) is 4.83. The number of rotatable bonds is 5. The van der Waals surface area contributed by atoms with Gasteiger partial charge in [-0.05, 0) is 11.8 Å². The Hall–Kier alpha value is -0.0800. The van der Waals surface area contributed by atoms with Gasteiger partial charge in [0, 0.05) is 5.92 Å². The van der Waals surface area contributed by atoms with E-state index in [4.69, 9.17) is 10.2 Å². The van der Waals surface area contributed by atoms with Crippen LogP contribution in [0.4, 0.5) is 0 Å². The average Bonchev–Trinajstić information content (AvgIpc) is 1.99. The lowest BCUT2D eigenvalue weighted by atomic mass is 9.76. The molecule has 2 nitrogen and oxygen atoms in total. The maximum absolute atomic E-state index is 9.01. The van der Waals surface area contributed by atoms with Crippen molar-refractivity contribution in [2.24, 2.45) is 11.3 Å². The van der Waals surface area contributed by atoms with Gasteiger partial charge in [0.15, 0.2) is 6.29 Å². The molecule has 2 heteroatoms. The Kier molecular flexibility index (Phi) is 4.80. The summed E-state index contributed by atoms with van der Waals surface area (Å²) in [5, 5.41) is 18.0. The van der Waals surface area contributed by atoms with E-state index in [1.54, 1.807) is 0 Å². The predicted molar refractivity (Wildman–Crippen MR) is 50.7 cm³/mol. The van der Waals surface area contributed by atoms with Crippen LogP contribution in [-0.2, 0) is 0 Å². The molecule has 0 spiro atoms. The monoisotopic (exact) mass is 174 g/mol. The summed E-state index contributed by atoms with van der Waals surface area (Å²) in [6.07, 6.45) is 2.20. The minimum absolute atomic E-state index is 0.0319. The minimum Gasteiger partial charge on any atom is -0.368 e. The van der Waals surface area contributed by atoms with E-state index in [0.717, 1.165) is 19.3 Å². The summed E-state index contributed by atoms with van der Waals surface area (Å²) in [5.41, 5.74) is 0.0319. The Morgan fingerprint density at radius 1 is 1.25 bits per heavy atom. The second-order valence-electron chi connectivity index (χ2n) is 4.29. The largest absolute Gasteiger partial charge is 0.368 e. The molecular weight excluding hydrogens is 152 g/mol. The van der Waals surface area contributed by atoms with Gasteiger partial charge in [-0.25, -0.2) is 0 Å². The lowest BCUT2D eigenvalue weighted by Gasteiger charge is -2.32. The van der Waals surface area contributed by atoms with Gasteiger partial charge in [-0.15, -0.1) is 0 Å². The third-order valence-electron chi connectivity index (χ3n) is 2.85. The number of aliphatic hydroxyl groups is 2. The first-order valence-corrected chi connectivity index (χ1v) is 4.78. The van der Waals surface area contributed by atoms with Crippen LogP contribution in [-0.4, -0.2) is 16.5 Å². The number of hydrogen-bond donors (Lipinski definition) is 2. The van der Waals surface area contributed by atoms with Crippen LogP contribution in [0.2, 0.25) is 0 Å². The Morgan fingerprint density at radius 2 is 1.75 bits per heavy atom. The zero-order valence-electron chi connectivity index (χ0n) is 8.67. The fourth-order valence-electron chi connectivity index (χ4n) is 1.26. The molecule has 0 aromatic carbocycles. The minimum atomic E-state index is -1.18. The SMILES string of the molecule is CCCCC(C)(C)C(C)C(O)O. The summed E-state index contributed by atoms with van der Waals surface area (Å²) in [6, 6.07) is 0. The molecule has 2 N–H and O–H groups in total. The molecule has 0 aliphatic rings. The Morgan fingerprint density at radius 3 is 2.08 bits per heavy atom. The summed E-state index contributed by atoms with van der Waals surface area (Å²) >= 11 is 0. The van der Waals surface area contributed by atoms with Gasteiger partial charge >= 0.3 is 0 Å². The van der Waals surface area contributed by atoms with Crippen LogP contribution >= 0.6 is 0 Å². The van der Waals surface area contributed by atoms with Crippen molar-refractivity contribution in [2.45, 2.75) is 53.2 Å². The van der Waals surface area contributed by atoms with E-state index in [1.165, 1.54) is 0 Å². The Labute approximate surface area is 75.6 Å². The molecular formula is C10H22O2. The van der Waals surface area contributed by atoms with Gasteiger partial charge in [0.2, 0.25) is 0 Å². The molecule has 0 fully saturated rings. The Bertz CT molecular complexity index is 119. The highest BCUT2D eigenvalue weighted by Crippen LogP contribution is 2.33. The molecule has 0 bridgehead atoms. The van der Waals surface area contributed by atoms with Crippen molar-refractivity contribution in [2.75, 3.05) is 0 Å². The van der Waals surface area contributed by atoms with Crippen LogP contribution in [0.1, 0.15) is 47.0 Å². The van der Waals surface area contributed by atoms with E-state index in [9.17, 15) is 0 Å². The maximum Gasteiger partial charge on any atom is 0.154 e. The Balaban J connectivity index is 3.99. The molecule has 1 atom stereocenters. The molecule has 74 valence electrons. The van der Waals surface area contributed by atoms with Gasteiger partial charge < -0.3 is 10.2 Å². The fraction of sp³-hybridized carbons (Fsp3) is 1.00. The van der Waals surface area contributed by atoms with Gasteiger partial charge in [0.1, 0.15) is 0 Å². The standard InChI is InChI=1S/C10H22O2/c1-5-6-7-10(3,4)8(2)9(11)12/h8-9,11-12H,5-7H2,1-4H3. The predicted octanol–water partition coefficient (Wildman–Crippen LogP) is 2.15. The lowest BCUT2D eigenvalue weighted by Crippen LogP contribution is -2.31. The lowest BCUT2D eigenvalue weighted by molar-refractivity contribution is -0.112. The van der Waals surface area contributed by atoms with Crippen LogP contribution in [0.3, 0.4) is 0 Å². The summed E-state index contributed by atoms with van der Waals surface area (Å²) in [7, 11) is 0. The van der Waals surface area contributed by atoms with Crippen molar-refractivity contribution in [1.29, 1.82) is 0 Å². The van der Waals surface area contributed by atoms with Crippen LogP contribution in [0.15, 0.2) is 0 Å². The van der Waals surface area contributed by atoms with Gasteiger partial charge in [-0.2, -0.15) is 0 Å². The van der Waals surface area contributed by atoms with E-state index in [0.29, 0.717) is 0 Å². The highest BCUT2D eigenvalue weighted by atomic mass is 16.5. The molecule has 0 aromatic rings. The third-order valence-corrected chi connectivity index (χ3v) is 2.85. The normalized spacial score (nSPS) is 15.2. The third kappa shape index (κ3) is 3.55. The first kappa shape index (κ1) is 11.9. The summed E-state index contributed by atoms with van der Waals surface area (Å²) in [5.74, 6) is -0.0518. The van der Waals surface area contributed by atoms with E-state index in [2.05, 4.69) is 20.8 Å². The van der Waals surface area contributed by atoms with Crippen molar-refractivity contribution in [3.05, 3.63) is 0 Å². The zero-order valence-corrected chi connectivity index (χ0v) is 8.67. The van der Waals surface area contributed by atoms with E-state index >= 15 is 0 Å². The molecule has 0 aromatic heterocycles. The molecule has 0 heterocycles. The second-order valence-corrected chi connectivity index (χ2v) is 4.29. The van der Waals surface area contributed by atoms with Crippen LogP contribution in [0, 0.1) is 11.3 Å². The molecule has 0 amide bonds. The van der Waals surface area contributed by atoms with Crippen molar-refractivity contribution in [3.8, 4) is 0 Å². The zero-order chi connectivity index (χ0) is 9.78. The van der Waals surface area contributed by atoms with Crippen molar-refractivity contribution >= 4 is 0 Å². The highest BCUT2D eigenvalue weighted by molar-refractivity contribution is 4.76. The van der Waals surface area contributed by atoms with Crippen molar-refractivity contribution < 1.29 is 10.2 Å². The number of hydrogen-bond acceptors (Lipinski definition) is 2. The van der Waals surface area contributed by atoms with Crippen molar-refractivity contribution in [3.63, 3.8) is 0 Å². The van der Waals surface area contributed by atoms with Crippen molar-refractivity contribution in [1.82, 2.24) is 0 Å². The summed E-state index contributed by atoms with van der Waals surface area (Å²) in [6.45, 7) is 8.22. The first-order chi connectivity index (χ1) is 5.41.